The lowest BCUT2D eigenvalue weighted by Crippen LogP contribution is -2.12. The molecule has 0 bridgehead atoms. The number of carbonyl (C=O) groups is 1. The molecule has 2 aromatic rings. The first-order valence-corrected chi connectivity index (χ1v) is 5.86. The number of hydrogen-bond acceptors (Lipinski definition) is 5. The van der Waals surface area contributed by atoms with Crippen molar-refractivity contribution in [3.8, 4) is 0 Å². The second-order valence-electron chi connectivity index (χ2n) is 4.02. The third kappa shape index (κ3) is 3.48. The van der Waals surface area contributed by atoms with Gasteiger partial charge < -0.3 is 10.4 Å². The lowest BCUT2D eigenvalue weighted by Gasteiger charge is -2.08. The van der Waals surface area contributed by atoms with E-state index in [2.05, 4.69) is 20.3 Å². The monoisotopic (exact) mass is 258 g/mol. The van der Waals surface area contributed by atoms with Crippen LogP contribution < -0.4 is 5.32 Å². The van der Waals surface area contributed by atoms with Crippen molar-refractivity contribution in [3.05, 3.63) is 47.7 Å². The Balaban J connectivity index is 2.03. The normalized spacial score (nSPS) is 10.2. The molecule has 0 aromatic carbocycles. The van der Waals surface area contributed by atoms with Crippen LogP contribution in [0.15, 0.2) is 30.7 Å². The van der Waals surface area contributed by atoms with Gasteiger partial charge >= 0.3 is 5.97 Å². The molecule has 2 heterocycles. The summed E-state index contributed by atoms with van der Waals surface area (Å²) in [5.74, 6) is -0.142. The van der Waals surface area contributed by atoms with Crippen LogP contribution in [0.25, 0.3) is 0 Å². The Kier molecular flexibility index (Phi) is 4.02. The molecule has 2 aromatic heterocycles. The first-order valence-electron chi connectivity index (χ1n) is 5.86. The fourth-order valence-electron chi connectivity index (χ4n) is 1.64. The summed E-state index contributed by atoms with van der Waals surface area (Å²) in [6, 6.07) is 3.84. The molecule has 6 nitrogen and oxygen atoms in total. The molecule has 0 saturated carbocycles. The molecule has 98 valence electrons. The Hall–Kier alpha value is -2.50. The summed E-state index contributed by atoms with van der Waals surface area (Å²) in [6.45, 7) is 2.32. The van der Waals surface area contributed by atoms with E-state index >= 15 is 0 Å². The van der Waals surface area contributed by atoms with E-state index in [1.54, 1.807) is 19.3 Å². The first kappa shape index (κ1) is 12.9. The van der Waals surface area contributed by atoms with E-state index in [4.69, 9.17) is 5.11 Å². The van der Waals surface area contributed by atoms with Gasteiger partial charge in [0, 0.05) is 25.1 Å². The summed E-state index contributed by atoms with van der Waals surface area (Å²) >= 11 is 0. The zero-order valence-corrected chi connectivity index (χ0v) is 10.5. The van der Waals surface area contributed by atoms with Gasteiger partial charge in [-0.05, 0) is 31.0 Å². The molecule has 19 heavy (non-hydrogen) atoms. The van der Waals surface area contributed by atoms with Crippen molar-refractivity contribution in [1.82, 2.24) is 15.0 Å². The van der Waals surface area contributed by atoms with Crippen LogP contribution in [0, 0.1) is 6.92 Å². The topological polar surface area (TPSA) is 88.0 Å². The predicted molar refractivity (Wildman–Crippen MR) is 70.2 cm³/mol. The van der Waals surface area contributed by atoms with E-state index in [0.717, 1.165) is 12.0 Å². The van der Waals surface area contributed by atoms with E-state index in [1.807, 2.05) is 12.1 Å². The van der Waals surface area contributed by atoms with Crippen molar-refractivity contribution < 1.29 is 9.90 Å². The highest BCUT2D eigenvalue weighted by Crippen LogP contribution is 2.11. The molecule has 0 unspecified atom stereocenters. The number of hydrogen-bond donors (Lipinski definition) is 2. The van der Waals surface area contributed by atoms with Gasteiger partial charge in [0.25, 0.3) is 0 Å². The predicted octanol–water partition coefficient (Wildman–Crippen LogP) is 1.53. The standard InChI is InChI=1S/C13H14N4O2/c1-9-16-8-11(13(18)19)12(17-9)15-7-4-10-2-5-14-6-3-10/h2-3,5-6,8H,4,7H2,1H3,(H,18,19)(H,15,16,17). The minimum Gasteiger partial charge on any atom is -0.477 e. The van der Waals surface area contributed by atoms with Gasteiger partial charge in [-0.3, -0.25) is 4.98 Å². The van der Waals surface area contributed by atoms with Crippen LogP contribution in [0.5, 0.6) is 0 Å². The fourth-order valence-corrected chi connectivity index (χ4v) is 1.64. The van der Waals surface area contributed by atoms with Crippen molar-refractivity contribution in [2.45, 2.75) is 13.3 Å². The van der Waals surface area contributed by atoms with E-state index in [-0.39, 0.29) is 5.56 Å². The molecular weight excluding hydrogens is 244 g/mol. The smallest absolute Gasteiger partial charge is 0.341 e. The van der Waals surface area contributed by atoms with Gasteiger partial charge in [-0.15, -0.1) is 0 Å². The van der Waals surface area contributed by atoms with Gasteiger partial charge in [-0.2, -0.15) is 0 Å². The third-order valence-electron chi connectivity index (χ3n) is 2.60. The fraction of sp³-hybridized carbons (Fsp3) is 0.231. The Morgan fingerprint density at radius 1 is 1.37 bits per heavy atom. The molecule has 0 aliphatic rings. The number of rotatable bonds is 5. The Bertz CT molecular complexity index is 572. The molecule has 0 spiro atoms. The first-order chi connectivity index (χ1) is 9.16. The van der Waals surface area contributed by atoms with Crippen LogP contribution in [0.2, 0.25) is 0 Å². The molecule has 0 fully saturated rings. The summed E-state index contributed by atoms with van der Waals surface area (Å²) in [4.78, 5) is 23.0. The molecule has 0 amide bonds. The SMILES string of the molecule is Cc1ncc(C(=O)O)c(NCCc2ccncc2)n1. The number of pyridine rings is 1. The number of carboxylic acids is 1. The molecule has 2 N–H and O–H groups in total. The highest BCUT2D eigenvalue weighted by atomic mass is 16.4. The number of nitrogens with zero attached hydrogens (tertiary/aromatic N) is 3. The van der Waals surface area contributed by atoms with Gasteiger partial charge in [0.15, 0.2) is 0 Å². The maximum atomic E-state index is 11.0. The van der Waals surface area contributed by atoms with Crippen LogP contribution in [0.1, 0.15) is 21.7 Å². The summed E-state index contributed by atoms with van der Waals surface area (Å²) in [6.07, 6.45) is 5.55. The van der Waals surface area contributed by atoms with Crippen molar-refractivity contribution in [1.29, 1.82) is 0 Å². The lowest BCUT2D eigenvalue weighted by atomic mass is 10.2. The average Bonchev–Trinajstić information content (AvgIpc) is 2.39. The molecule has 2 rings (SSSR count). The second kappa shape index (κ2) is 5.90. The quantitative estimate of drug-likeness (QED) is 0.845. The largest absolute Gasteiger partial charge is 0.477 e. The number of nitrogens with one attached hydrogen (secondary N) is 1. The van der Waals surface area contributed by atoms with Crippen LogP contribution in [0.4, 0.5) is 5.82 Å². The number of aryl methyl sites for hydroxylation is 1. The van der Waals surface area contributed by atoms with Gasteiger partial charge in [0.05, 0.1) is 0 Å². The summed E-state index contributed by atoms with van der Waals surface area (Å²) < 4.78 is 0. The number of anilines is 1. The maximum absolute atomic E-state index is 11.0. The van der Waals surface area contributed by atoms with Gasteiger partial charge in [0.1, 0.15) is 17.2 Å². The minimum atomic E-state index is -1.04. The van der Waals surface area contributed by atoms with Crippen molar-refractivity contribution >= 4 is 11.8 Å². The number of aromatic nitrogens is 3. The highest BCUT2D eigenvalue weighted by molar-refractivity contribution is 5.92. The Morgan fingerprint density at radius 3 is 2.79 bits per heavy atom. The van der Waals surface area contributed by atoms with Crippen molar-refractivity contribution in [2.24, 2.45) is 0 Å². The average molecular weight is 258 g/mol. The van der Waals surface area contributed by atoms with Gasteiger partial charge in [0.2, 0.25) is 0 Å². The van der Waals surface area contributed by atoms with Crippen LogP contribution in [-0.2, 0) is 6.42 Å². The van der Waals surface area contributed by atoms with Gasteiger partial charge in [-0.1, -0.05) is 0 Å². The van der Waals surface area contributed by atoms with E-state index in [9.17, 15) is 4.79 Å². The van der Waals surface area contributed by atoms with E-state index < -0.39 is 5.97 Å². The summed E-state index contributed by atoms with van der Waals surface area (Å²) in [7, 11) is 0. The molecule has 0 saturated heterocycles. The van der Waals surface area contributed by atoms with Crippen LogP contribution in [-0.4, -0.2) is 32.6 Å². The molecule has 0 aliphatic heterocycles. The molecule has 6 heteroatoms. The molecule has 0 atom stereocenters. The maximum Gasteiger partial charge on any atom is 0.341 e. The summed E-state index contributed by atoms with van der Waals surface area (Å²) in [5, 5.41) is 12.1. The molecule has 0 radical (unpaired) electrons. The van der Waals surface area contributed by atoms with Crippen molar-refractivity contribution in [3.63, 3.8) is 0 Å². The minimum absolute atomic E-state index is 0.0836. The number of aromatic carboxylic acids is 1. The Morgan fingerprint density at radius 2 is 2.11 bits per heavy atom. The lowest BCUT2D eigenvalue weighted by molar-refractivity contribution is 0.0697. The zero-order valence-electron chi connectivity index (χ0n) is 10.5. The van der Waals surface area contributed by atoms with Crippen LogP contribution in [0.3, 0.4) is 0 Å². The highest BCUT2D eigenvalue weighted by Gasteiger charge is 2.11. The van der Waals surface area contributed by atoms with Crippen LogP contribution >= 0.6 is 0 Å². The molecule has 0 aliphatic carbocycles. The Labute approximate surface area is 110 Å². The summed E-state index contributed by atoms with van der Waals surface area (Å²) in [5.41, 5.74) is 1.21. The van der Waals surface area contributed by atoms with E-state index in [0.29, 0.717) is 18.2 Å². The third-order valence-corrected chi connectivity index (χ3v) is 2.60. The number of carboxylic acid groups (broad SMARTS) is 1. The van der Waals surface area contributed by atoms with E-state index in [1.165, 1.54) is 6.20 Å². The van der Waals surface area contributed by atoms with Crippen molar-refractivity contribution in [2.75, 3.05) is 11.9 Å². The second-order valence-corrected chi connectivity index (χ2v) is 4.02. The zero-order chi connectivity index (χ0) is 13.7. The molecular formula is C13H14N4O2. The van der Waals surface area contributed by atoms with Gasteiger partial charge in [-0.25, -0.2) is 14.8 Å².